The van der Waals surface area contributed by atoms with Gasteiger partial charge in [-0.25, -0.2) is 4.79 Å². The standard InChI is InChI=1S/C23H27N3O4/c1-2-3-4-5-6-7-13-30-20-10-8-9-16-21(20)24-26-12-11-25-15-17(23(28)29)19(27)14-18(25)22(16)26/h8-10,14-15H,2-7,11-13H2,1H3,(H,28,29). The fourth-order valence-corrected chi connectivity index (χ4v) is 4.07. The van der Waals surface area contributed by atoms with Crippen molar-refractivity contribution in [2.45, 2.75) is 58.5 Å². The smallest absolute Gasteiger partial charge is 0.341 e. The zero-order valence-corrected chi connectivity index (χ0v) is 17.3. The number of carbonyl (C=O) groups is 1. The largest absolute Gasteiger partial charge is 0.491 e. The van der Waals surface area contributed by atoms with Crippen LogP contribution in [0.2, 0.25) is 0 Å². The van der Waals surface area contributed by atoms with Crippen molar-refractivity contribution in [1.82, 2.24) is 14.3 Å². The number of hydrogen-bond donors (Lipinski definition) is 1. The molecule has 0 fully saturated rings. The van der Waals surface area contributed by atoms with Crippen molar-refractivity contribution < 1.29 is 14.6 Å². The van der Waals surface area contributed by atoms with Gasteiger partial charge >= 0.3 is 5.97 Å². The van der Waals surface area contributed by atoms with Crippen LogP contribution in [0.3, 0.4) is 0 Å². The molecule has 30 heavy (non-hydrogen) atoms. The Hall–Kier alpha value is -3.09. The van der Waals surface area contributed by atoms with E-state index in [0.29, 0.717) is 25.4 Å². The molecule has 0 atom stereocenters. The second kappa shape index (κ2) is 8.73. The van der Waals surface area contributed by atoms with Crippen LogP contribution in [0.1, 0.15) is 55.8 Å². The maximum absolute atomic E-state index is 12.3. The van der Waals surface area contributed by atoms with Gasteiger partial charge in [-0.1, -0.05) is 51.2 Å². The highest BCUT2D eigenvalue weighted by Crippen LogP contribution is 2.35. The molecule has 4 rings (SSSR count). The van der Waals surface area contributed by atoms with Crippen LogP contribution in [0, 0.1) is 0 Å². The van der Waals surface area contributed by atoms with E-state index in [0.717, 1.165) is 35.2 Å². The van der Waals surface area contributed by atoms with Crippen molar-refractivity contribution in [1.29, 1.82) is 0 Å². The Kier molecular flexibility index (Phi) is 5.88. The molecule has 7 heteroatoms. The number of fused-ring (bicyclic) bond motifs is 5. The van der Waals surface area contributed by atoms with Gasteiger partial charge in [0.1, 0.15) is 16.8 Å². The monoisotopic (exact) mass is 409 g/mol. The number of pyridine rings is 1. The normalized spacial score (nSPS) is 12.6. The average molecular weight is 409 g/mol. The topological polar surface area (TPSA) is 86.3 Å². The second-order valence-corrected chi connectivity index (χ2v) is 7.78. The number of benzene rings is 1. The zero-order chi connectivity index (χ0) is 21.1. The minimum absolute atomic E-state index is 0.209. The van der Waals surface area contributed by atoms with Gasteiger partial charge in [0.25, 0.3) is 0 Å². The molecule has 0 bridgehead atoms. The molecule has 7 nitrogen and oxygen atoms in total. The third-order valence-electron chi connectivity index (χ3n) is 5.64. The Morgan fingerprint density at radius 2 is 1.97 bits per heavy atom. The lowest BCUT2D eigenvalue weighted by Crippen LogP contribution is -2.24. The number of aromatic nitrogens is 3. The highest BCUT2D eigenvalue weighted by molar-refractivity contribution is 5.96. The van der Waals surface area contributed by atoms with Crippen molar-refractivity contribution in [2.24, 2.45) is 0 Å². The first-order chi connectivity index (χ1) is 14.6. The van der Waals surface area contributed by atoms with Gasteiger partial charge in [-0.15, -0.1) is 0 Å². The molecule has 1 aliphatic rings. The first-order valence-electron chi connectivity index (χ1n) is 10.7. The van der Waals surface area contributed by atoms with E-state index in [2.05, 4.69) is 6.92 Å². The zero-order valence-electron chi connectivity index (χ0n) is 17.3. The lowest BCUT2D eigenvalue weighted by atomic mass is 10.1. The quantitative estimate of drug-likeness (QED) is 0.532. The van der Waals surface area contributed by atoms with Crippen LogP contribution in [-0.4, -0.2) is 32.0 Å². The molecule has 0 amide bonds. The third-order valence-corrected chi connectivity index (χ3v) is 5.64. The number of ether oxygens (including phenoxy) is 1. The summed E-state index contributed by atoms with van der Waals surface area (Å²) in [7, 11) is 0. The second-order valence-electron chi connectivity index (χ2n) is 7.78. The fourth-order valence-electron chi connectivity index (χ4n) is 4.07. The summed E-state index contributed by atoms with van der Waals surface area (Å²) in [6.45, 7) is 4.04. The van der Waals surface area contributed by atoms with E-state index < -0.39 is 11.4 Å². The summed E-state index contributed by atoms with van der Waals surface area (Å²) in [5, 5.41) is 14.9. The van der Waals surface area contributed by atoms with Crippen LogP contribution in [-0.2, 0) is 13.1 Å². The molecular formula is C23H27N3O4. The van der Waals surface area contributed by atoms with Gasteiger partial charge in [0.05, 0.1) is 24.5 Å². The molecule has 1 aromatic carbocycles. The van der Waals surface area contributed by atoms with E-state index >= 15 is 0 Å². The molecule has 1 N–H and O–H groups in total. The number of carboxylic acids is 1. The van der Waals surface area contributed by atoms with E-state index in [9.17, 15) is 14.7 Å². The molecule has 2 aromatic heterocycles. The predicted molar refractivity (Wildman–Crippen MR) is 115 cm³/mol. The molecule has 1 aliphatic heterocycles. The molecule has 0 radical (unpaired) electrons. The molecule has 0 unspecified atom stereocenters. The first-order valence-corrected chi connectivity index (χ1v) is 10.7. The number of carboxylic acid groups (broad SMARTS) is 1. The van der Waals surface area contributed by atoms with E-state index in [1.54, 1.807) is 0 Å². The van der Waals surface area contributed by atoms with Gasteiger partial charge in [0, 0.05) is 24.2 Å². The highest BCUT2D eigenvalue weighted by Gasteiger charge is 2.24. The predicted octanol–water partition coefficient (Wildman–Crippen LogP) is 4.32. The van der Waals surface area contributed by atoms with Gasteiger partial charge in [0.15, 0.2) is 5.43 Å². The summed E-state index contributed by atoms with van der Waals surface area (Å²) in [4.78, 5) is 23.6. The molecule has 0 aliphatic carbocycles. The minimum atomic E-state index is -1.20. The third kappa shape index (κ3) is 3.84. The summed E-state index contributed by atoms with van der Waals surface area (Å²) >= 11 is 0. The summed E-state index contributed by atoms with van der Waals surface area (Å²) in [5.41, 5.74) is 1.59. The number of aryl methyl sites for hydroxylation is 2. The first kappa shape index (κ1) is 20.2. The molecular weight excluding hydrogens is 382 g/mol. The van der Waals surface area contributed by atoms with Crippen molar-refractivity contribution in [3.63, 3.8) is 0 Å². The van der Waals surface area contributed by atoms with Crippen LogP contribution >= 0.6 is 0 Å². The summed E-state index contributed by atoms with van der Waals surface area (Å²) in [6, 6.07) is 7.24. The van der Waals surface area contributed by atoms with Gasteiger partial charge < -0.3 is 14.4 Å². The van der Waals surface area contributed by atoms with E-state index in [1.807, 2.05) is 27.4 Å². The highest BCUT2D eigenvalue weighted by atomic mass is 16.5. The summed E-state index contributed by atoms with van der Waals surface area (Å²) in [6.07, 6.45) is 8.67. The van der Waals surface area contributed by atoms with Crippen LogP contribution in [0.25, 0.3) is 22.3 Å². The van der Waals surface area contributed by atoms with E-state index in [4.69, 9.17) is 9.84 Å². The van der Waals surface area contributed by atoms with Crippen LogP contribution in [0.5, 0.6) is 5.75 Å². The van der Waals surface area contributed by atoms with Gasteiger partial charge in [-0.05, 0) is 12.5 Å². The van der Waals surface area contributed by atoms with Crippen molar-refractivity contribution in [3.8, 4) is 17.1 Å². The molecule has 0 saturated carbocycles. The number of unbranched alkanes of at least 4 members (excludes halogenated alkanes) is 5. The van der Waals surface area contributed by atoms with Crippen LogP contribution < -0.4 is 10.2 Å². The van der Waals surface area contributed by atoms with E-state index in [-0.39, 0.29) is 5.56 Å². The Balaban J connectivity index is 1.59. The maximum Gasteiger partial charge on any atom is 0.341 e. The SMILES string of the molecule is CCCCCCCCOc1cccc2c3n(nc12)CCn1cc(C(=O)O)c(=O)cc1-3. The van der Waals surface area contributed by atoms with Crippen molar-refractivity contribution in [2.75, 3.05) is 6.61 Å². The molecule has 3 heterocycles. The Morgan fingerprint density at radius 3 is 2.77 bits per heavy atom. The van der Waals surface area contributed by atoms with Crippen LogP contribution in [0.4, 0.5) is 0 Å². The summed E-state index contributed by atoms with van der Waals surface area (Å²) < 4.78 is 9.75. The molecule has 158 valence electrons. The Morgan fingerprint density at radius 1 is 1.17 bits per heavy atom. The number of aromatic carboxylic acids is 1. The van der Waals surface area contributed by atoms with Crippen LogP contribution in [0.15, 0.2) is 35.3 Å². The summed E-state index contributed by atoms with van der Waals surface area (Å²) in [5.74, 6) is -0.455. The molecule has 0 saturated heterocycles. The Bertz CT molecular complexity index is 1130. The molecule has 3 aromatic rings. The Labute approximate surface area is 174 Å². The molecule has 0 spiro atoms. The van der Waals surface area contributed by atoms with Gasteiger partial charge in [0.2, 0.25) is 0 Å². The van der Waals surface area contributed by atoms with E-state index in [1.165, 1.54) is 37.9 Å². The lowest BCUT2D eigenvalue weighted by Gasteiger charge is -2.21. The van der Waals surface area contributed by atoms with Crippen molar-refractivity contribution in [3.05, 3.63) is 46.2 Å². The maximum atomic E-state index is 12.3. The van der Waals surface area contributed by atoms with Gasteiger partial charge in [-0.3, -0.25) is 9.48 Å². The number of hydrogen-bond acceptors (Lipinski definition) is 4. The number of nitrogens with zero attached hydrogens (tertiary/aromatic N) is 3. The fraction of sp³-hybridized carbons (Fsp3) is 0.435. The number of rotatable bonds is 9. The lowest BCUT2D eigenvalue weighted by molar-refractivity contribution is 0.0694. The van der Waals surface area contributed by atoms with Gasteiger partial charge in [-0.2, -0.15) is 5.10 Å². The van der Waals surface area contributed by atoms with Crippen molar-refractivity contribution >= 4 is 16.9 Å². The minimum Gasteiger partial charge on any atom is -0.491 e. The average Bonchev–Trinajstić information content (AvgIpc) is 3.12.